The molecule has 3 aromatic rings. The Morgan fingerprint density at radius 1 is 1.03 bits per heavy atom. The van der Waals surface area contributed by atoms with Gasteiger partial charge in [-0.25, -0.2) is 0 Å². The second kappa shape index (κ2) is 9.19. The maximum atomic E-state index is 12.8. The summed E-state index contributed by atoms with van der Waals surface area (Å²) in [6, 6.07) is 17.2. The lowest BCUT2D eigenvalue weighted by Gasteiger charge is -2.12. The molecule has 0 aliphatic rings. The van der Waals surface area contributed by atoms with E-state index < -0.39 is 0 Å². The minimum Gasteiger partial charge on any atom is -0.359 e. The number of benzene rings is 2. The molecule has 6 heteroatoms. The van der Waals surface area contributed by atoms with Crippen LogP contribution in [0, 0.1) is 13.8 Å². The average Bonchev–Trinajstić information content (AvgIpc) is 3.03. The van der Waals surface area contributed by atoms with E-state index in [2.05, 4.69) is 15.7 Å². The smallest absolute Gasteiger partial charge is 0.255 e. The van der Waals surface area contributed by atoms with Crippen LogP contribution in [0.4, 0.5) is 5.69 Å². The molecule has 150 valence electrons. The predicted molar refractivity (Wildman–Crippen MR) is 114 cm³/mol. The summed E-state index contributed by atoms with van der Waals surface area (Å²) >= 11 is 0. The lowest BCUT2D eigenvalue weighted by atomic mass is 10.1. The topological polar surface area (TPSA) is 76.0 Å². The summed E-state index contributed by atoms with van der Waals surface area (Å²) in [5, 5.41) is 10.1. The molecule has 2 aromatic carbocycles. The van der Waals surface area contributed by atoms with Gasteiger partial charge in [-0.1, -0.05) is 30.3 Å². The van der Waals surface area contributed by atoms with E-state index in [4.69, 9.17) is 0 Å². The zero-order valence-corrected chi connectivity index (χ0v) is 17.0. The van der Waals surface area contributed by atoms with E-state index in [1.165, 1.54) is 0 Å². The molecule has 0 fully saturated rings. The lowest BCUT2D eigenvalue weighted by Crippen LogP contribution is -2.19. The lowest BCUT2D eigenvalue weighted by molar-refractivity contribution is -0.120. The van der Waals surface area contributed by atoms with Crippen molar-refractivity contribution in [3.05, 3.63) is 82.7 Å². The second-order valence-electron chi connectivity index (χ2n) is 7.07. The van der Waals surface area contributed by atoms with Crippen LogP contribution in [0.2, 0.25) is 0 Å². The molecule has 0 aliphatic carbocycles. The maximum Gasteiger partial charge on any atom is 0.255 e. The van der Waals surface area contributed by atoms with E-state index in [9.17, 15) is 9.59 Å². The number of rotatable bonds is 7. The Labute approximate surface area is 170 Å². The van der Waals surface area contributed by atoms with Crippen LogP contribution in [0.1, 0.15) is 39.3 Å². The molecule has 1 aromatic heterocycles. The SMILES string of the molecule is CNC(=O)CCc1ccccc1NC(=O)c1cccc(Cn2nc(C)cc2C)c1. The summed E-state index contributed by atoms with van der Waals surface area (Å²) in [7, 11) is 1.62. The van der Waals surface area contributed by atoms with E-state index in [0.29, 0.717) is 24.9 Å². The van der Waals surface area contributed by atoms with Crippen molar-refractivity contribution >= 4 is 17.5 Å². The van der Waals surface area contributed by atoms with Crippen LogP contribution >= 0.6 is 0 Å². The van der Waals surface area contributed by atoms with Gasteiger partial charge in [0.1, 0.15) is 0 Å². The van der Waals surface area contributed by atoms with E-state index in [1.54, 1.807) is 13.1 Å². The molecule has 0 radical (unpaired) electrons. The van der Waals surface area contributed by atoms with Crippen LogP contribution < -0.4 is 10.6 Å². The van der Waals surface area contributed by atoms with Crippen LogP contribution in [0.25, 0.3) is 0 Å². The Balaban J connectivity index is 1.73. The van der Waals surface area contributed by atoms with E-state index in [0.717, 1.165) is 28.2 Å². The zero-order valence-electron chi connectivity index (χ0n) is 17.0. The monoisotopic (exact) mass is 390 g/mol. The predicted octanol–water partition coefficient (Wildman–Crippen LogP) is 3.48. The van der Waals surface area contributed by atoms with Gasteiger partial charge in [-0.3, -0.25) is 14.3 Å². The normalized spacial score (nSPS) is 10.6. The summed E-state index contributed by atoms with van der Waals surface area (Å²) in [6.07, 6.45) is 0.940. The van der Waals surface area contributed by atoms with Crippen molar-refractivity contribution in [3.63, 3.8) is 0 Å². The number of hydrogen-bond donors (Lipinski definition) is 2. The van der Waals surface area contributed by atoms with Crippen molar-refractivity contribution in [2.45, 2.75) is 33.2 Å². The van der Waals surface area contributed by atoms with Crippen molar-refractivity contribution < 1.29 is 9.59 Å². The molecule has 2 N–H and O–H groups in total. The van der Waals surface area contributed by atoms with Crippen LogP contribution in [0.15, 0.2) is 54.6 Å². The van der Waals surface area contributed by atoms with Crippen molar-refractivity contribution in [2.75, 3.05) is 12.4 Å². The minimum atomic E-state index is -0.174. The number of carbonyl (C=O) groups excluding carboxylic acids is 2. The van der Waals surface area contributed by atoms with Gasteiger partial charge in [-0.2, -0.15) is 5.10 Å². The first-order valence-electron chi connectivity index (χ1n) is 9.66. The quantitative estimate of drug-likeness (QED) is 0.648. The average molecular weight is 390 g/mol. The first-order valence-corrected chi connectivity index (χ1v) is 9.66. The number of anilines is 1. The van der Waals surface area contributed by atoms with Crippen molar-refractivity contribution in [1.82, 2.24) is 15.1 Å². The highest BCUT2D eigenvalue weighted by molar-refractivity contribution is 6.04. The molecule has 0 spiro atoms. The summed E-state index contributed by atoms with van der Waals surface area (Å²) < 4.78 is 1.93. The largest absolute Gasteiger partial charge is 0.359 e. The Bertz CT molecular complexity index is 1020. The van der Waals surface area contributed by atoms with Gasteiger partial charge in [0, 0.05) is 30.4 Å². The maximum absolute atomic E-state index is 12.8. The minimum absolute atomic E-state index is 0.0250. The van der Waals surface area contributed by atoms with Crippen LogP contribution in [-0.4, -0.2) is 28.6 Å². The van der Waals surface area contributed by atoms with Gasteiger partial charge in [0.25, 0.3) is 5.91 Å². The van der Waals surface area contributed by atoms with Gasteiger partial charge in [-0.05, 0) is 55.7 Å². The first kappa shape index (κ1) is 20.3. The number of nitrogens with one attached hydrogen (secondary N) is 2. The number of carbonyl (C=O) groups is 2. The van der Waals surface area contributed by atoms with E-state index in [1.807, 2.05) is 67.1 Å². The van der Waals surface area contributed by atoms with Crippen LogP contribution in [0.5, 0.6) is 0 Å². The Morgan fingerprint density at radius 2 is 1.83 bits per heavy atom. The number of aryl methyl sites for hydroxylation is 3. The van der Waals surface area contributed by atoms with E-state index in [-0.39, 0.29) is 11.8 Å². The standard InChI is InChI=1S/C23H26N4O2/c1-16-13-17(2)27(26-16)15-18-7-6-9-20(14-18)23(29)25-21-10-5-4-8-19(21)11-12-22(28)24-3/h4-10,13-14H,11-12,15H2,1-3H3,(H,24,28)(H,25,29). The molecule has 0 unspecified atom stereocenters. The highest BCUT2D eigenvalue weighted by atomic mass is 16.2. The number of nitrogens with zero attached hydrogens (tertiary/aromatic N) is 2. The zero-order chi connectivity index (χ0) is 20.8. The molecular weight excluding hydrogens is 364 g/mol. The summed E-state index contributed by atoms with van der Waals surface area (Å²) in [4.78, 5) is 24.4. The summed E-state index contributed by atoms with van der Waals surface area (Å²) in [5.74, 6) is -0.199. The van der Waals surface area contributed by atoms with Gasteiger partial charge in [-0.15, -0.1) is 0 Å². The van der Waals surface area contributed by atoms with Crippen molar-refractivity contribution in [1.29, 1.82) is 0 Å². The third kappa shape index (κ3) is 5.31. The highest BCUT2D eigenvalue weighted by Crippen LogP contribution is 2.19. The fourth-order valence-electron chi connectivity index (χ4n) is 3.25. The Hall–Kier alpha value is -3.41. The summed E-state index contributed by atoms with van der Waals surface area (Å²) in [5.41, 5.74) is 5.32. The summed E-state index contributed by atoms with van der Waals surface area (Å²) in [6.45, 7) is 4.60. The Kier molecular flexibility index (Phi) is 6.44. The number of amides is 2. The van der Waals surface area contributed by atoms with Gasteiger partial charge in [0.15, 0.2) is 0 Å². The van der Waals surface area contributed by atoms with Crippen LogP contribution in [0.3, 0.4) is 0 Å². The fraction of sp³-hybridized carbons (Fsp3) is 0.261. The van der Waals surface area contributed by atoms with Crippen LogP contribution in [-0.2, 0) is 17.8 Å². The molecule has 29 heavy (non-hydrogen) atoms. The van der Waals surface area contributed by atoms with Gasteiger partial charge >= 0.3 is 0 Å². The molecule has 6 nitrogen and oxygen atoms in total. The molecule has 0 atom stereocenters. The van der Waals surface area contributed by atoms with Crippen molar-refractivity contribution in [2.24, 2.45) is 0 Å². The van der Waals surface area contributed by atoms with Gasteiger partial charge in [0.05, 0.1) is 12.2 Å². The van der Waals surface area contributed by atoms with Gasteiger partial charge < -0.3 is 10.6 Å². The highest BCUT2D eigenvalue weighted by Gasteiger charge is 2.11. The third-order valence-corrected chi connectivity index (χ3v) is 4.79. The molecule has 0 saturated carbocycles. The molecular formula is C23H26N4O2. The molecule has 0 bridgehead atoms. The second-order valence-corrected chi connectivity index (χ2v) is 7.07. The first-order chi connectivity index (χ1) is 14.0. The van der Waals surface area contributed by atoms with E-state index >= 15 is 0 Å². The fourth-order valence-corrected chi connectivity index (χ4v) is 3.25. The number of hydrogen-bond acceptors (Lipinski definition) is 3. The van der Waals surface area contributed by atoms with Crippen molar-refractivity contribution in [3.8, 4) is 0 Å². The molecule has 1 heterocycles. The molecule has 0 aliphatic heterocycles. The number of para-hydroxylation sites is 1. The molecule has 2 amide bonds. The molecule has 0 saturated heterocycles. The Morgan fingerprint density at radius 3 is 2.55 bits per heavy atom. The van der Waals surface area contributed by atoms with Gasteiger partial charge in [0.2, 0.25) is 5.91 Å². The third-order valence-electron chi connectivity index (χ3n) is 4.79. The number of aromatic nitrogens is 2. The molecule has 3 rings (SSSR count).